The average Bonchev–Trinajstić information content (AvgIpc) is 3.61. The number of likely N-dealkylation sites (tertiary alicyclic amines) is 1. The largest absolute Gasteiger partial charge is 0.444 e. The molecule has 7 aromatic rings. The van der Waals surface area contributed by atoms with Crippen LogP contribution >= 0.6 is 0 Å². The van der Waals surface area contributed by atoms with Crippen molar-refractivity contribution in [3.8, 4) is 11.3 Å². The van der Waals surface area contributed by atoms with Gasteiger partial charge in [0.15, 0.2) is 0 Å². The van der Waals surface area contributed by atoms with E-state index in [0.717, 1.165) is 44.4 Å². The molecule has 280 valence electrons. The molecule has 1 N–H and O–H groups in total. The lowest BCUT2D eigenvalue weighted by Gasteiger charge is -2.39. The third-order valence-corrected chi connectivity index (χ3v) is 10.5. The number of aromatic nitrogens is 3. The molecule has 1 aliphatic heterocycles. The minimum Gasteiger partial charge on any atom is -0.444 e. The van der Waals surface area contributed by atoms with Crippen LogP contribution in [0.1, 0.15) is 65.7 Å². The number of rotatable bonds is 8. The molecule has 0 saturated carbocycles. The maximum absolute atomic E-state index is 14.3. The zero-order valence-corrected chi connectivity index (χ0v) is 31.9. The van der Waals surface area contributed by atoms with Crippen LogP contribution in [0.2, 0.25) is 0 Å². The van der Waals surface area contributed by atoms with E-state index in [9.17, 15) is 9.59 Å². The summed E-state index contributed by atoms with van der Waals surface area (Å²) in [5, 5.41) is 9.60. The molecule has 8 nitrogen and oxygen atoms in total. The number of carbonyl (C=O) groups excluding carboxylic acids is 2. The van der Waals surface area contributed by atoms with Gasteiger partial charge in [-0.1, -0.05) is 121 Å². The Hall–Kier alpha value is -6.54. The summed E-state index contributed by atoms with van der Waals surface area (Å²) in [6.07, 6.45) is 3.83. The number of ether oxygens (including phenoxy) is 1. The summed E-state index contributed by atoms with van der Waals surface area (Å²) >= 11 is 0. The number of nitrogens with one attached hydrogen (secondary N) is 1. The number of hydrogen-bond acceptors (Lipinski definition) is 5. The van der Waals surface area contributed by atoms with E-state index in [1.807, 2.05) is 87.5 Å². The first-order valence-electron chi connectivity index (χ1n) is 19.1. The first-order valence-corrected chi connectivity index (χ1v) is 19.1. The van der Waals surface area contributed by atoms with E-state index in [-0.39, 0.29) is 24.0 Å². The van der Waals surface area contributed by atoms with E-state index >= 15 is 0 Å². The van der Waals surface area contributed by atoms with Crippen molar-refractivity contribution in [2.45, 2.75) is 50.3 Å². The lowest BCUT2D eigenvalue weighted by atomic mass is 9.77. The summed E-state index contributed by atoms with van der Waals surface area (Å²) < 4.78 is 7.90. The smallest absolute Gasteiger partial charge is 0.410 e. The average molecular weight is 740 g/mol. The SMILES string of the molecule is CC(C)(C)OC(=O)N1C[C@@H](NC(=O)c2ccc3c(c2)c(-c2ccncc2)nn3C(c2ccccc2)(c2ccccc2)c2ccccc2)C[C@@H](c2ccccc2)C1. The molecule has 2 amide bonds. The van der Waals surface area contributed by atoms with Gasteiger partial charge in [0, 0.05) is 54.0 Å². The Kier molecular flexibility index (Phi) is 9.96. The predicted molar refractivity (Wildman–Crippen MR) is 220 cm³/mol. The number of pyridine rings is 1. The third-order valence-electron chi connectivity index (χ3n) is 10.5. The second-order valence-corrected chi connectivity index (χ2v) is 15.4. The Labute approximate surface area is 327 Å². The number of piperidine rings is 1. The first kappa shape index (κ1) is 36.4. The second kappa shape index (κ2) is 15.3. The van der Waals surface area contributed by atoms with Crippen LogP contribution in [-0.4, -0.2) is 56.4 Å². The highest BCUT2D eigenvalue weighted by molar-refractivity contribution is 6.02. The van der Waals surface area contributed by atoms with Crippen molar-refractivity contribution in [3.63, 3.8) is 0 Å². The van der Waals surface area contributed by atoms with E-state index in [2.05, 4.69) is 99.9 Å². The van der Waals surface area contributed by atoms with E-state index in [1.54, 1.807) is 17.3 Å². The third kappa shape index (κ3) is 7.18. The highest BCUT2D eigenvalue weighted by Gasteiger charge is 2.41. The van der Waals surface area contributed by atoms with Crippen molar-refractivity contribution in [1.82, 2.24) is 25.0 Å². The Bertz CT molecular complexity index is 2330. The van der Waals surface area contributed by atoms with Gasteiger partial charge in [0.05, 0.1) is 5.52 Å². The van der Waals surface area contributed by atoms with Gasteiger partial charge in [-0.15, -0.1) is 0 Å². The number of amides is 2. The minimum atomic E-state index is -0.864. The van der Waals surface area contributed by atoms with Crippen LogP contribution in [0.15, 0.2) is 164 Å². The van der Waals surface area contributed by atoms with Gasteiger partial charge in [0.25, 0.3) is 5.91 Å². The summed E-state index contributed by atoms with van der Waals surface area (Å²) in [5.74, 6) is -0.188. The molecule has 3 heterocycles. The lowest BCUT2D eigenvalue weighted by Crippen LogP contribution is -2.53. The molecule has 2 aromatic heterocycles. The minimum absolute atomic E-state index is 0.0313. The van der Waals surface area contributed by atoms with Gasteiger partial charge < -0.3 is 15.0 Å². The highest BCUT2D eigenvalue weighted by Crippen LogP contribution is 2.44. The quantitative estimate of drug-likeness (QED) is 0.157. The molecule has 1 saturated heterocycles. The maximum atomic E-state index is 14.3. The lowest BCUT2D eigenvalue weighted by molar-refractivity contribution is 0.0164. The van der Waals surface area contributed by atoms with Gasteiger partial charge in [0.2, 0.25) is 0 Å². The Morgan fingerprint density at radius 3 is 1.80 bits per heavy atom. The van der Waals surface area contributed by atoms with Crippen LogP contribution in [0.3, 0.4) is 0 Å². The van der Waals surface area contributed by atoms with Crippen LogP contribution in [-0.2, 0) is 10.3 Å². The van der Waals surface area contributed by atoms with Gasteiger partial charge in [-0.3, -0.25) is 9.78 Å². The molecule has 0 unspecified atom stereocenters. The number of fused-ring (bicyclic) bond motifs is 1. The zero-order valence-electron chi connectivity index (χ0n) is 31.9. The Morgan fingerprint density at radius 2 is 1.25 bits per heavy atom. The van der Waals surface area contributed by atoms with Crippen molar-refractivity contribution < 1.29 is 14.3 Å². The molecule has 1 aliphatic rings. The fourth-order valence-electron chi connectivity index (χ4n) is 8.06. The van der Waals surface area contributed by atoms with E-state index < -0.39 is 11.1 Å². The van der Waals surface area contributed by atoms with Crippen LogP contribution in [0.5, 0.6) is 0 Å². The number of nitrogens with zero attached hydrogens (tertiary/aromatic N) is 4. The Balaban J connectivity index is 1.24. The predicted octanol–water partition coefficient (Wildman–Crippen LogP) is 9.46. The van der Waals surface area contributed by atoms with Crippen LogP contribution in [0, 0.1) is 0 Å². The monoisotopic (exact) mass is 739 g/mol. The molecule has 8 heteroatoms. The number of benzene rings is 5. The zero-order chi connectivity index (χ0) is 38.7. The highest BCUT2D eigenvalue weighted by atomic mass is 16.6. The van der Waals surface area contributed by atoms with E-state index in [4.69, 9.17) is 9.84 Å². The molecule has 0 spiro atoms. The van der Waals surface area contributed by atoms with Crippen LogP contribution in [0.25, 0.3) is 22.2 Å². The molecule has 1 fully saturated rings. The summed E-state index contributed by atoms with van der Waals surface area (Å²) in [6.45, 7) is 6.46. The number of hydrogen-bond donors (Lipinski definition) is 1. The standard InChI is InChI=1S/C48H45N5O3/c1-47(2,3)56-46(55)52-32-37(34-16-8-4-9-17-34)30-41(33-52)50-45(54)36-24-25-43-42(31-36)44(35-26-28-49-29-27-35)51-53(43)48(38-18-10-5-11-19-38,39-20-12-6-13-21-39)40-22-14-7-15-23-40/h4-29,31,37,41H,30,32-33H2,1-3H3,(H,50,54)/t37-,41+/m1/s1. The van der Waals surface area contributed by atoms with Gasteiger partial charge >= 0.3 is 6.09 Å². The summed E-state index contributed by atoms with van der Waals surface area (Å²) in [7, 11) is 0. The van der Waals surface area contributed by atoms with Crippen molar-refractivity contribution in [2.24, 2.45) is 0 Å². The fourth-order valence-corrected chi connectivity index (χ4v) is 8.06. The molecule has 8 rings (SSSR count). The first-order chi connectivity index (χ1) is 27.2. The topological polar surface area (TPSA) is 89.3 Å². The molecular weight excluding hydrogens is 695 g/mol. The van der Waals surface area contributed by atoms with Gasteiger partial charge in [-0.25, -0.2) is 9.48 Å². The van der Waals surface area contributed by atoms with Crippen molar-refractivity contribution >= 4 is 22.9 Å². The van der Waals surface area contributed by atoms with E-state index in [0.29, 0.717) is 25.1 Å². The Morgan fingerprint density at radius 1 is 0.696 bits per heavy atom. The molecule has 0 radical (unpaired) electrons. The van der Waals surface area contributed by atoms with Crippen molar-refractivity contribution in [2.75, 3.05) is 13.1 Å². The molecule has 56 heavy (non-hydrogen) atoms. The van der Waals surface area contributed by atoms with Crippen LogP contribution < -0.4 is 5.32 Å². The van der Waals surface area contributed by atoms with Crippen LogP contribution in [0.4, 0.5) is 4.79 Å². The summed E-state index contributed by atoms with van der Waals surface area (Å²) in [6, 6.07) is 50.9. The fraction of sp³-hybridized carbons (Fsp3) is 0.208. The molecular formula is C48H45N5O3. The van der Waals surface area contributed by atoms with Crippen molar-refractivity contribution in [3.05, 3.63) is 192 Å². The van der Waals surface area contributed by atoms with Gasteiger partial charge in [-0.2, -0.15) is 5.10 Å². The molecule has 0 aliphatic carbocycles. The molecule has 5 aromatic carbocycles. The second-order valence-electron chi connectivity index (χ2n) is 15.4. The van der Waals surface area contributed by atoms with E-state index in [1.165, 1.54) is 0 Å². The summed E-state index contributed by atoms with van der Waals surface area (Å²) in [4.78, 5) is 33.7. The number of carbonyl (C=O) groups is 2. The molecule has 2 atom stereocenters. The van der Waals surface area contributed by atoms with Gasteiger partial charge in [0.1, 0.15) is 16.8 Å². The molecule has 0 bridgehead atoms. The normalized spacial score (nSPS) is 16.0. The maximum Gasteiger partial charge on any atom is 0.410 e. The van der Waals surface area contributed by atoms with Gasteiger partial charge in [-0.05, 0) is 79.8 Å². The summed E-state index contributed by atoms with van der Waals surface area (Å²) in [5.41, 5.74) is 5.74. The van der Waals surface area contributed by atoms with Crippen molar-refractivity contribution in [1.29, 1.82) is 0 Å².